The van der Waals surface area contributed by atoms with Crippen molar-refractivity contribution in [3.8, 4) is 11.8 Å². The molecule has 2 atom stereocenters. The Kier molecular flexibility index (Phi) is 5.28. The largest absolute Gasteiger partial charge is 0.383 e. The number of carbonyl (C=O) groups excluding carboxylic acids is 1. The number of amides is 1. The van der Waals surface area contributed by atoms with Crippen LogP contribution in [-0.2, 0) is 11.3 Å². The Balaban J connectivity index is 1.57. The van der Waals surface area contributed by atoms with Crippen LogP contribution in [0.15, 0.2) is 43.4 Å². The van der Waals surface area contributed by atoms with Gasteiger partial charge in [0.25, 0.3) is 0 Å². The van der Waals surface area contributed by atoms with E-state index in [1.165, 1.54) is 12.1 Å². The van der Waals surface area contributed by atoms with Gasteiger partial charge in [-0.25, -0.2) is 14.4 Å². The van der Waals surface area contributed by atoms with Crippen LogP contribution in [0.1, 0.15) is 37.6 Å². The first-order valence-electron chi connectivity index (χ1n) is 11.1. The zero-order valence-electron chi connectivity index (χ0n) is 19.0. The van der Waals surface area contributed by atoms with Gasteiger partial charge in [0.05, 0.1) is 39.9 Å². The van der Waals surface area contributed by atoms with Crippen molar-refractivity contribution in [1.29, 1.82) is 0 Å². The Morgan fingerprint density at radius 2 is 2.15 bits per heavy atom. The quantitative estimate of drug-likeness (QED) is 0.376. The van der Waals surface area contributed by atoms with E-state index < -0.39 is 5.82 Å². The molecule has 8 nitrogen and oxygen atoms in total. The topological polar surface area (TPSA) is 94.9 Å². The minimum atomic E-state index is -0.423. The van der Waals surface area contributed by atoms with Gasteiger partial charge in [-0.3, -0.25) is 9.48 Å². The van der Waals surface area contributed by atoms with E-state index in [0.717, 1.165) is 17.5 Å². The number of pyridine rings is 1. The van der Waals surface area contributed by atoms with Crippen molar-refractivity contribution < 1.29 is 9.18 Å². The molecule has 0 radical (unpaired) electrons. The second kappa shape index (κ2) is 8.30. The van der Waals surface area contributed by atoms with Crippen molar-refractivity contribution in [2.45, 2.75) is 38.9 Å². The number of carbonyl (C=O) groups is 1. The Hall–Kier alpha value is -4.19. The predicted octanol–water partition coefficient (Wildman–Crippen LogP) is 3.27. The Labute approximate surface area is 195 Å². The number of likely N-dealkylation sites (tertiary alicyclic amines) is 1. The number of rotatable bonds is 3. The molecule has 34 heavy (non-hydrogen) atoms. The summed E-state index contributed by atoms with van der Waals surface area (Å²) in [6.45, 7) is 8.78. The van der Waals surface area contributed by atoms with E-state index in [9.17, 15) is 9.18 Å². The maximum Gasteiger partial charge on any atom is 0.246 e. The third-order valence-corrected chi connectivity index (χ3v) is 6.37. The van der Waals surface area contributed by atoms with E-state index in [-0.39, 0.29) is 23.6 Å². The molecular formula is C25H24FN7O. The summed E-state index contributed by atoms with van der Waals surface area (Å²) in [5, 5.41) is 5.35. The summed E-state index contributed by atoms with van der Waals surface area (Å²) in [5.74, 6) is 5.68. The van der Waals surface area contributed by atoms with Crippen LogP contribution >= 0.6 is 0 Å². The number of aryl methyl sites for hydroxylation is 1. The number of nitrogen functional groups attached to an aromatic ring is 1. The summed E-state index contributed by atoms with van der Waals surface area (Å²) in [4.78, 5) is 22.5. The Bertz CT molecular complexity index is 1510. The standard InChI is InChI=1S/C25H24FN7O/c1-4-23(34)32-13-17(10-15(32)3)33-21-8-9-28-25(27)24(21)19(30-33)7-6-16-11-20-22(12-18(16)26)31(5-2)14-29-20/h4,8-9,11-12,14-15,17H,1,5,10,13H2,2-3H3,(H2,27,28)/t15-,17-/m0/s1. The molecule has 9 heteroatoms. The molecule has 0 unspecified atom stereocenters. The first-order valence-corrected chi connectivity index (χ1v) is 11.1. The number of hydrogen-bond acceptors (Lipinski definition) is 5. The van der Waals surface area contributed by atoms with Crippen molar-refractivity contribution in [1.82, 2.24) is 29.2 Å². The van der Waals surface area contributed by atoms with Crippen LogP contribution in [0, 0.1) is 17.7 Å². The van der Waals surface area contributed by atoms with Crippen LogP contribution in [0.3, 0.4) is 0 Å². The van der Waals surface area contributed by atoms with E-state index in [1.54, 1.807) is 23.5 Å². The minimum absolute atomic E-state index is 0.0484. The van der Waals surface area contributed by atoms with Gasteiger partial charge in [-0.05, 0) is 44.4 Å². The Morgan fingerprint density at radius 1 is 1.32 bits per heavy atom. The van der Waals surface area contributed by atoms with Gasteiger partial charge in [-0.2, -0.15) is 5.10 Å². The molecule has 0 spiro atoms. The number of benzene rings is 1. The molecule has 1 aromatic carbocycles. The van der Waals surface area contributed by atoms with Crippen molar-refractivity contribution in [3.05, 3.63) is 60.5 Å². The van der Waals surface area contributed by atoms with Gasteiger partial charge < -0.3 is 15.2 Å². The number of anilines is 1. The molecule has 4 heterocycles. The lowest BCUT2D eigenvalue weighted by molar-refractivity contribution is -0.126. The van der Waals surface area contributed by atoms with Crippen molar-refractivity contribution >= 4 is 33.7 Å². The molecule has 4 aromatic rings. The lowest BCUT2D eigenvalue weighted by atomic mass is 10.1. The van der Waals surface area contributed by atoms with Crippen molar-refractivity contribution in [3.63, 3.8) is 0 Å². The lowest BCUT2D eigenvalue weighted by Gasteiger charge is -2.19. The summed E-state index contributed by atoms with van der Waals surface area (Å²) in [7, 11) is 0. The normalized spacial score (nSPS) is 17.8. The molecule has 1 aliphatic heterocycles. The highest BCUT2D eigenvalue weighted by Crippen LogP contribution is 2.32. The monoisotopic (exact) mass is 457 g/mol. The minimum Gasteiger partial charge on any atom is -0.383 e. The molecule has 1 fully saturated rings. The third kappa shape index (κ3) is 3.48. The molecule has 3 aromatic heterocycles. The van der Waals surface area contributed by atoms with E-state index in [1.807, 2.05) is 29.2 Å². The maximum atomic E-state index is 14.8. The molecule has 0 aliphatic carbocycles. The van der Waals surface area contributed by atoms with E-state index >= 15 is 0 Å². The first-order chi connectivity index (χ1) is 16.4. The summed E-state index contributed by atoms with van der Waals surface area (Å²) in [6.07, 6.45) is 5.37. The zero-order chi connectivity index (χ0) is 24.0. The van der Waals surface area contributed by atoms with Gasteiger partial charge in [-0.15, -0.1) is 0 Å². The van der Waals surface area contributed by atoms with Crippen LogP contribution in [0.25, 0.3) is 21.9 Å². The van der Waals surface area contributed by atoms with Crippen LogP contribution in [0.2, 0.25) is 0 Å². The molecule has 0 bridgehead atoms. The van der Waals surface area contributed by atoms with Crippen molar-refractivity contribution in [2.75, 3.05) is 12.3 Å². The average Bonchev–Trinajstić information content (AvgIpc) is 3.52. The van der Waals surface area contributed by atoms with Gasteiger partial charge >= 0.3 is 0 Å². The fourth-order valence-electron chi connectivity index (χ4n) is 4.64. The van der Waals surface area contributed by atoms with E-state index in [2.05, 4.69) is 28.4 Å². The van der Waals surface area contributed by atoms with Gasteiger partial charge in [0.2, 0.25) is 5.91 Å². The summed E-state index contributed by atoms with van der Waals surface area (Å²) in [5.41, 5.74) is 9.02. The second-order valence-electron chi connectivity index (χ2n) is 8.42. The maximum absolute atomic E-state index is 14.8. The SMILES string of the molecule is C=CC(=O)N1C[C@@H](n2nc(C#Cc3cc4ncn(CC)c4cc3F)c3c(N)nccc32)C[C@@H]1C. The number of fused-ring (bicyclic) bond motifs is 2. The van der Waals surface area contributed by atoms with Crippen LogP contribution < -0.4 is 5.73 Å². The first kappa shape index (κ1) is 21.6. The van der Waals surface area contributed by atoms with Gasteiger partial charge in [0.1, 0.15) is 17.3 Å². The van der Waals surface area contributed by atoms with Gasteiger partial charge in [0, 0.05) is 31.4 Å². The number of aromatic nitrogens is 5. The predicted molar refractivity (Wildman–Crippen MR) is 128 cm³/mol. The summed E-state index contributed by atoms with van der Waals surface area (Å²) < 4.78 is 18.5. The fourth-order valence-corrected chi connectivity index (χ4v) is 4.64. The van der Waals surface area contributed by atoms with Crippen LogP contribution in [0.5, 0.6) is 0 Å². The van der Waals surface area contributed by atoms with Crippen LogP contribution in [0.4, 0.5) is 10.2 Å². The lowest BCUT2D eigenvalue weighted by Crippen LogP contribution is -2.32. The molecule has 0 saturated carbocycles. The second-order valence-corrected chi connectivity index (χ2v) is 8.42. The van der Waals surface area contributed by atoms with E-state index in [0.29, 0.717) is 35.5 Å². The van der Waals surface area contributed by atoms with Crippen LogP contribution in [-0.4, -0.2) is 47.7 Å². The summed E-state index contributed by atoms with van der Waals surface area (Å²) >= 11 is 0. The highest BCUT2D eigenvalue weighted by Gasteiger charge is 2.34. The zero-order valence-corrected chi connectivity index (χ0v) is 19.0. The number of imidazole rings is 1. The van der Waals surface area contributed by atoms with E-state index in [4.69, 9.17) is 10.8 Å². The molecule has 1 aliphatic rings. The summed E-state index contributed by atoms with van der Waals surface area (Å²) in [6, 6.07) is 4.92. The fraction of sp³-hybridized carbons (Fsp3) is 0.280. The molecular weight excluding hydrogens is 433 g/mol. The molecule has 1 amide bonds. The smallest absolute Gasteiger partial charge is 0.246 e. The van der Waals surface area contributed by atoms with Gasteiger partial charge in [-0.1, -0.05) is 12.5 Å². The average molecular weight is 458 g/mol. The third-order valence-electron chi connectivity index (χ3n) is 6.37. The van der Waals surface area contributed by atoms with Crippen molar-refractivity contribution in [2.24, 2.45) is 0 Å². The Morgan fingerprint density at radius 3 is 2.91 bits per heavy atom. The molecule has 5 rings (SSSR count). The number of hydrogen-bond donors (Lipinski definition) is 1. The highest BCUT2D eigenvalue weighted by molar-refractivity contribution is 5.93. The molecule has 1 saturated heterocycles. The molecule has 2 N–H and O–H groups in total. The number of halogens is 1. The van der Waals surface area contributed by atoms with Gasteiger partial charge in [0.15, 0.2) is 0 Å². The number of nitrogens with two attached hydrogens (primary N) is 1. The highest BCUT2D eigenvalue weighted by atomic mass is 19.1. The number of nitrogens with zero attached hydrogens (tertiary/aromatic N) is 6. The molecule has 172 valence electrons.